The molecule has 154 valence electrons. The first-order valence-electron chi connectivity index (χ1n) is 7.75. The Morgan fingerprint density at radius 2 is 1.68 bits per heavy atom. The number of alkyl halides is 3. The maximum atomic E-state index is 12.1. The molecule has 0 amide bonds. The zero-order valence-corrected chi connectivity index (χ0v) is 17.9. The SMILES string of the molecule is CS(=O)(=O)c1ccc(CCN=C(N)Nc2ccc(OC(F)(F)F)cc2)cc1.I. The number of halogens is 4. The zero-order chi connectivity index (χ0) is 20.1. The van der Waals surface area contributed by atoms with Crippen molar-refractivity contribution in [3.63, 3.8) is 0 Å². The van der Waals surface area contributed by atoms with Crippen LogP contribution in [0.5, 0.6) is 5.75 Å². The molecule has 0 bridgehead atoms. The van der Waals surface area contributed by atoms with Crippen molar-refractivity contribution in [2.75, 3.05) is 18.1 Å². The van der Waals surface area contributed by atoms with Crippen molar-refractivity contribution >= 4 is 45.5 Å². The molecule has 11 heteroatoms. The Kier molecular flexibility index (Phi) is 8.54. The van der Waals surface area contributed by atoms with E-state index < -0.39 is 16.2 Å². The first-order chi connectivity index (χ1) is 12.5. The maximum Gasteiger partial charge on any atom is 0.573 e. The van der Waals surface area contributed by atoms with Crippen LogP contribution in [0.25, 0.3) is 0 Å². The number of nitrogens with one attached hydrogen (secondary N) is 1. The summed E-state index contributed by atoms with van der Waals surface area (Å²) in [7, 11) is -3.23. The second kappa shape index (κ2) is 9.96. The topological polar surface area (TPSA) is 93.8 Å². The molecule has 0 spiro atoms. The number of benzene rings is 2. The van der Waals surface area contributed by atoms with Crippen LogP contribution in [-0.2, 0) is 16.3 Å². The van der Waals surface area contributed by atoms with Gasteiger partial charge in [0.05, 0.1) is 4.90 Å². The molecule has 0 aliphatic heterocycles. The van der Waals surface area contributed by atoms with Gasteiger partial charge in [0.2, 0.25) is 0 Å². The number of hydrogen-bond donors (Lipinski definition) is 2. The molecule has 0 fully saturated rings. The number of sulfone groups is 1. The fourth-order valence-corrected chi connectivity index (χ4v) is 2.77. The average Bonchev–Trinajstić information content (AvgIpc) is 2.55. The molecule has 0 saturated carbocycles. The lowest BCUT2D eigenvalue weighted by atomic mass is 10.1. The van der Waals surface area contributed by atoms with Gasteiger partial charge in [0.1, 0.15) is 5.75 Å². The van der Waals surface area contributed by atoms with Crippen LogP contribution in [0.2, 0.25) is 0 Å². The van der Waals surface area contributed by atoms with E-state index >= 15 is 0 Å². The Bertz CT molecular complexity index is 900. The molecular weight excluding hydrogens is 510 g/mol. The zero-order valence-electron chi connectivity index (χ0n) is 14.7. The largest absolute Gasteiger partial charge is 0.573 e. The molecule has 2 rings (SSSR count). The molecule has 3 N–H and O–H groups in total. The third kappa shape index (κ3) is 8.33. The predicted molar refractivity (Wildman–Crippen MR) is 112 cm³/mol. The number of nitrogens with zero attached hydrogens (tertiary/aromatic N) is 1. The van der Waals surface area contributed by atoms with E-state index in [9.17, 15) is 21.6 Å². The lowest BCUT2D eigenvalue weighted by molar-refractivity contribution is -0.274. The Labute approximate surface area is 177 Å². The molecule has 2 aromatic rings. The number of nitrogens with two attached hydrogens (primary N) is 1. The number of hydrogen-bond acceptors (Lipinski definition) is 4. The smallest absolute Gasteiger partial charge is 0.406 e. The normalized spacial score (nSPS) is 12.2. The Hall–Kier alpha value is -2.02. The summed E-state index contributed by atoms with van der Waals surface area (Å²) in [5.74, 6) is -0.228. The van der Waals surface area contributed by atoms with Crippen molar-refractivity contribution in [3.8, 4) is 5.75 Å². The summed E-state index contributed by atoms with van der Waals surface area (Å²) in [6.07, 6.45) is -3.06. The van der Waals surface area contributed by atoms with Gasteiger partial charge >= 0.3 is 6.36 Å². The van der Waals surface area contributed by atoms with Gasteiger partial charge < -0.3 is 15.8 Å². The Morgan fingerprint density at radius 3 is 2.18 bits per heavy atom. The van der Waals surface area contributed by atoms with Crippen molar-refractivity contribution in [1.29, 1.82) is 0 Å². The first-order valence-corrected chi connectivity index (χ1v) is 9.64. The van der Waals surface area contributed by atoms with Crippen LogP contribution in [0.1, 0.15) is 5.56 Å². The fraction of sp³-hybridized carbons (Fsp3) is 0.235. The van der Waals surface area contributed by atoms with Crippen LogP contribution in [-0.4, -0.2) is 33.5 Å². The van der Waals surface area contributed by atoms with Gasteiger partial charge in [0, 0.05) is 18.5 Å². The van der Waals surface area contributed by atoms with Gasteiger partial charge in [-0.05, 0) is 48.4 Å². The van der Waals surface area contributed by atoms with Crippen LogP contribution in [0.4, 0.5) is 18.9 Å². The van der Waals surface area contributed by atoms with E-state index in [1.54, 1.807) is 12.1 Å². The van der Waals surface area contributed by atoms with Crippen molar-refractivity contribution in [3.05, 3.63) is 54.1 Å². The van der Waals surface area contributed by atoms with Crippen molar-refractivity contribution in [1.82, 2.24) is 0 Å². The van der Waals surface area contributed by atoms with E-state index in [1.807, 2.05) is 0 Å². The second-order valence-electron chi connectivity index (χ2n) is 5.63. The predicted octanol–water partition coefficient (Wildman–Crippen LogP) is 3.58. The third-order valence-corrected chi connectivity index (χ3v) is 4.52. The first kappa shape index (κ1) is 24.0. The minimum absolute atomic E-state index is 0. The minimum atomic E-state index is -4.74. The van der Waals surface area contributed by atoms with Gasteiger partial charge in [0.25, 0.3) is 0 Å². The van der Waals surface area contributed by atoms with Crippen LogP contribution in [0.3, 0.4) is 0 Å². The summed E-state index contributed by atoms with van der Waals surface area (Å²) in [5, 5.41) is 2.76. The molecule has 2 aromatic carbocycles. The number of rotatable bonds is 6. The Morgan fingerprint density at radius 1 is 1.11 bits per heavy atom. The maximum absolute atomic E-state index is 12.1. The fourth-order valence-electron chi connectivity index (χ4n) is 2.14. The summed E-state index contributed by atoms with van der Waals surface area (Å²) >= 11 is 0. The highest BCUT2D eigenvalue weighted by Crippen LogP contribution is 2.23. The average molecular weight is 529 g/mol. The van der Waals surface area contributed by atoms with Crippen LogP contribution in [0.15, 0.2) is 58.4 Å². The summed E-state index contributed by atoms with van der Waals surface area (Å²) in [4.78, 5) is 4.37. The van der Waals surface area contributed by atoms with Gasteiger partial charge in [0.15, 0.2) is 15.8 Å². The quantitative estimate of drug-likeness (QED) is 0.339. The second-order valence-corrected chi connectivity index (χ2v) is 7.65. The number of aliphatic imine (C=N–C) groups is 1. The van der Waals surface area contributed by atoms with E-state index in [0.29, 0.717) is 18.7 Å². The standard InChI is InChI=1S/C17H18F3N3O3S.HI/c1-27(24,25)15-8-2-12(3-9-15)10-11-22-16(21)23-13-4-6-14(7-5-13)26-17(18,19)20;/h2-9H,10-11H2,1H3,(H3,21,22,23);1H. The Balaban J connectivity index is 0.00000392. The van der Waals surface area contributed by atoms with Gasteiger partial charge in [-0.15, -0.1) is 37.1 Å². The molecule has 0 heterocycles. The monoisotopic (exact) mass is 529 g/mol. The highest BCUT2D eigenvalue weighted by molar-refractivity contribution is 14.0. The third-order valence-electron chi connectivity index (χ3n) is 3.39. The van der Waals surface area contributed by atoms with E-state index in [4.69, 9.17) is 5.73 Å². The van der Waals surface area contributed by atoms with Gasteiger partial charge in [-0.3, -0.25) is 4.99 Å². The summed E-state index contributed by atoms with van der Waals surface area (Å²) in [6, 6.07) is 11.5. The summed E-state index contributed by atoms with van der Waals surface area (Å²) in [6.45, 7) is 0.353. The van der Waals surface area contributed by atoms with Crippen LogP contribution in [0, 0.1) is 0 Å². The number of ether oxygens (including phenoxy) is 1. The number of guanidine groups is 1. The van der Waals surface area contributed by atoms with Gasteiger partial charge in [-0.2, -0.15) is 0 Å². The van der Waals surface area contributed by atoms with Crippen molar-refractivity contribution in [2.24, 2.45) is 10.7 Å². The van der Waals surface area contributed by atoms with Crippen LogP contribution >= 0.6 is 24.0 Å². The molecule has 0 saturated heterocycles. The van der Waals surface area contributed by atoms with E-state index in [1.165, 1.54) is 24.3 Å². The van der Waals surface area contributed by atoms with Crippen molar-refractivity contribution < 1.29 is 26.3 Å². The molecule has 28 heavy (non-hydrogen) atoms. The van der Waals surface area contributed by atoms with E-state index in [0.717, 1.165) is 24.0 Å². The van der Waals surface area contributed by atoms with Gasteiger partial charge in [-0.1, -0.05) is 12.1 Å². The minimum Gasteiger partial charge on any atom is -0.406 e. The van der Waals surface area contributed by atoms with E-state index in [2.05, 4.69) is 15.0 Å². The lowest BCUT2D eigenvalue weighted by Crippen LogP contribution is -2.23. The molecule has 0 unspecified atom stereocenters. The summed E-state index contributed by atoms with van der Waals surface area (Å²) in [5.41, 5.74) is 7.10. The molecule has 0 atom stereocenters. The molecular formula is C17H19F3IN3O3S. The molecule has 6 nitrogen and oxygen atoms in total. The number of anilines is 1. The molecule has 0 radical (unpaired) electrons. The van der Waals surface area contributed by atoms with Crippen LogP contribution < -0.4 is 15.8 Å². The van der Waals surface area contributed by atoms with Crippen molar-refractivity contribution in [2.45, 2.75) is 17.7 Å². The molecule has 0 aromatic heterocycles. The van der Waals surface area contributed by atoms with Gasteiger partial charge in [-0.25, -0.2) is 8.42 Å². The lowest BCUT2D eigenvalue weighted by Gasteiger charge is -2.10. The van der Waals surface area contributed by atoms with E-state index in [-0.39, 0.29) is 40.6 Å². The molecule has 0 aliphatic rings. The highest BCUT2D eigenvalue weighted by Gasteiger charge is 2.30. The molecule has 0 aliphatic carbocycles. The highest BCUT2D eigenvalue weighted by atomic mass is 127. The summed E-state index contributed by atoms with van der Waals surface area (Å²) < 4.78 is 62.9.